The fourth-order valence-corrected chi connectivity index (χ4v) is 2.98. The lowest BCUT2D eigenvalue weighted by molar-refractivity contribution is -0.177. The molecule has 1 saturated heterocycles. The maximum Gasteiger partial charge on any atom is 0.338 e. The van der Waals surface area contributed by atoms with Gasteiger partial charge in [0.2, 0.25) is 0 Å². The van der Waals surface area contributed by atoms with Gasteiger partial charge in [0.15, 0.2) is 18.6 Å². The van der Waals surface area contributed by atoms with Gasteiger partial charge in [-0.25, -0.2) is 14.0 Å². The van der Waals surface area contributed by atoms with Gasteiger partial charge in [-0.05, 0) is 31.2 Å². The smallest absolute Gasteiger partial charge is 0.338 e. The van der Waals surface area contributed by atoms with Gasteiger partial charge in [0, 0.05) is 7.11 Å². The SMILES string of the molecule is CO[C@@H]1O[C@](C)(COC(=O)c2ccccc2)C(OC(=O)c2ccccc2)C1F. The lowest BCUT2D eigenvalue weighted by Crippen LogP contribution is -2.46. The summed E-state index contributed by atoms with van der Waals surface area (Å²) in [6.07, 6.45) is -4.29. The molecule has 4 atom stereocenters. The second-order valence-electron chi connectivity index (χ2n) is 6.61. The van der Waals surface area contributed by atoms with Gasteiger partial charge < -0.3 is 18.9 Å². The molecule has 0 aliphatic carbocycles. The van der Waals surface area contributed by atoms with E-state index in [1.54, 1.807) is 60.7 Å². The van der Waals surface area contributed by atoms with Crippen molar-refractivity contribution >= 4 is 11.9 Å². The molecule has 2 unspecified atom stereocenters. The van der Waals surface area contributed by atoms with Crippen LogP contribution in [-0.4, -0.2) is 49.8 Å². The topological polar surface area (TPSA) is 71.1 Å². The molecule has 0 amide bonds. The Kier molecular flexibility index (Phi) is 6.06. The third-order valence-electron chi connectivity index (χ3n) is 4.51. The minimum Gasteiger partial charge on any atom is -0.459 e. The first-order valence-electron chi connectivity index (χ1n) is 8.77. The van der Waals surface area contributed by atoms with Crippen molar-refractivity contribution in [2.45, 2.75) is 31.1 Å². The second-order valence-corrected chi connectivity index (χ2v) is 6.61. The first kappa shape index (κ1) is 20.0. The molecule has 1 aliphatic heterocycles. The minimum atomic E-state index is -1.74. The van der Waals surface area contributed by atoms with Crippen LogP contribution in [0, 0.1) is 0 Å². The zero-order valence-corrected chi connectivity index (χ0v) is 15.5. The van der Waals surface area contributed by atoms with E-state index in [-0.39, 0.29) is 12.2 Å². The monoisotopic (exact) mass is 388 g/mol. The Morgan fingerprint density at radius 2 is 1.54 bits per heavy atom. The molecule has 0 spiro atoms. The molecule has 0 saturated carbocycles. The van der Waals surface area contributed by atoms with Crippen molar-refractivity contribution in [3.8, 4) is 0 Å². The Balaban J connectivity index is 1.74. The van der Waals surface area contributed by atoms with E-state index in [9.17, 15) is 14.0 Å². The van der Waals surface area contributed by atoms with E-state index in [0.717, 1.165) is 0 Å². The van der Waals surface area contributed by atoms with Gasteiger partial charge in [-0.15, -0.1) is 0 Å². The molecule has 2 aromatic carbocycles. The number of carbonyl (C=O) groups is 2. The average Bonchev–Trinajstić information content (AvgIpc) is 2.98. The van der Waals surface area contributed by atoms with Crippen LogP contribution in [-0.2, 0) is 18.9 Å². The average molecular weight is 388 g/mol. The lowest BCUT2D eigenvalue weighted by Gasteiger charge is -2.29. The predicted octanol–water partition coefficient (Wildman–Crippen LogP) is 3.17. The minimum absolute atomic E-state index is 0.277. The molecule has 1 heterocycles. The maximum absolute atomic E-state index is 14.8. The molecule has 6 nitrogen and oxygen atoms in total. The predicted molar refractivity (Wildman–Crippen MR) is 97.6 cm³/mol. The molecule has 148 valence electrons. The molecule has 0 N–H and O–H groups in total. The summed E-state index contributed by atoms with van der Waals surface area (Å²) >= 11 is 0. The highest BCUT2D eigenvalue weighted by molar-refractivity contribution is 5.90. The summed E-state index contributed by atoms with van der Waals surface area (Å²) < 4.78 is 36.1. The molecule has 3 rings (SSSR count). The van der Waals surface area contributed by atoms with Crippen molar-refractivity contribution < 1.29 is 32.9 Å². The lowest BCUT2D eigenvalue weighted by atomic mass is 9.99. The standard InChI is InChI=1S/C21H21FO6/c1-21(13-26-18(23)14-9-5-3-6-10-14)17(16(22)20(25-2)28-21)27-19(24)15-11-7-4-8-12-15/h3-12,16-17,20H,13H2,1-2H3/t16?,17?,20-,21-/m1/s1. The number of methoxy groups -OCH3 is 1. The van der Waals surface area contributed by atoms with Crippen LogP contribution in [0.15, 0.2) is 60.7 Å². The van der Waals surface area contributed by atoms with Crippen LogP contribution < -0.4 is 0 Å². The Morgan fingerprint density at radius 3 is 2.07 bits per heavy atom. The van der Waals surface area contributed by atoms with Gasteiger partial charge in [-0.1, -0.05) is 36.4 Å². The van der Waals surface area contributed by atoms with Gasteiger partial charge in [0.1, 0.15) is 12.2 Å². The maximum atomic E-state index is 14.8. The molecule has 1 fully saturated rings. The van der Waals surface area contributed by atoms with Crippen LogP contribution in [0.25, 0.3) is 0 Å². The van der Waals surface area contributed by atoms with Crippen molar-refractivity contribution in [2.75, 3.05) is 13.7 Å². The highest BCUT2D eigenvalue weighted by Gasteiger charge is 2.56. The summed E-state index contributed by atoms with van der Waals surface area (Å²) in [6, 6.07) is 16.6. The van der Waals surface area contributed by atoms with Gasteiger partial charge >= 0.3 is 11.9 Å². The molecular weight excluding hydrogens is 367 g/mol. The number of halogens is 1. The Morgan fingerprint density at radius 1 is 1.00 bits per heavy atom. The summed E-state index contributed by atoms with van der Waals surface area (Å²) in [5, 5.41) is 0. The van der Waals surface area contributed by atoms with Crippen LogP contribution >= 0.6 is 0 Å². The van der Waals surface area contributed by atoms with Crippen LogP contribution in [0.5, 0.6) is 0 Å². The van der Waals surface area contributed by atoms with E-state index in [0.29, 0.717) is 5.56 Å². The third kappa shape index (κ3) is 4.21. The van der Waals surface area contributed by atoms with Crippen LogP contribution in [0.2, 0.25) is 0 Å². The zero-order valence-electron chi connectivity index (χ0n) is 15.5. The number of hydrogen-bond acceptors (Lipinski definition) is 6. The summed E-state index contributed by atoms with van der Waals surface area (Å²) in [5.74, 6) is -1.29. The zero-order chi connectivity index (χ0) is 20.1. The Labute approximate surface area is 162 Å². The third-order valence-corrected chi connectivity index (χ3v) is 4.51. The van der Waals surface area contributed by atoms with Crippen molar-refractivity contribution in [3.05, 3.63) is 71.8 Å². The largest absolute Gasteiger partial charge is 0.459 e. The fraction of sp³-hybridized carbons (Fsp3) is 0.333. The first-order valence-corrected chi connectivity index (χ1v) is 8.77. The van der Waals surface area contributed by atoms with Gasteiger partial charge in [0.25, 0.3) is 0 Å². The van der Waals surface area contributed by atoms with Gasteiger partial charge in [-0.2, -0.15) is 0 Å². The molecule has 2 aromatic rings. The number of benzene rings is 2. The van der Waals surface area contributed by atoms with Crippen LogP contribution in [0.1, 0.15) is 27.6 Å². The summed E-state index contributed by atoms with van der Waals surface area (Å²) in [6.45, 7) is 1.20. The van der Waals surface area contributed by atoms with Crippen molar-refractivity contribution in [3.63, 3.8) is 0 Å². The van der Waals surface area contributed by atoms with E-state index in [1.165, 1.54) is 14.0 Å². The highest BCUT2D eigenvalue weighted by Crippen LogP contribution is 2.36. The highest BCUT2D eigenvalue weighted by atomic mass is 19.1. The fourth-order valence-electron chi connectivity index (χ4n) is 2.98. The Hall–Kier alpha value is -2.77. The van der Waals surface area contributed by atoms with E-state index < -0.39 is 36.1 Å². The van der Waals surface area contributed by atoms with E-state index in [4.69, 9.17) is 18.9 Å². The molecule has 0 bridgehead atoms. The van der Waals surface area contributed by atoms with Crippen molar-refractivity contribution in [1.29, 1.82) is 0 Å². The molecular formula is C21H21FO6. The van der Waals surface area contributed by atoms with E-state index in [1.807, 2.05) is 0 Å². The Bertz CT molecular complexity index is 812. The number of carbonyl (C=O) groups excluding carboxylic acids is 2. The second kappa shape index (κ2) is 8.50. The molecule has 0 radical (unpaired) electrons. The van der Waals surface area contributed by atoms with Gasteiger partial charge in [0.05, 0.1) is 11.1 Å². The van der Waals surface area contributed by atoms with Crippen LogP contribution in [0.3, 0.4) is 0 Å². The number of esters is 2. The molecule has 28 heavy (non-hydrogen) atoms. The number of alkyl halides is 1. The van der Waals surface area contributed by atoms with E-state index >= 15 is 0 Å². The number of rotatable bonds is 6. The first-order chi connectivity index (χ1) is 13.4. The summed E-state index contributed by atoms with van der Waals surface area (Å²) in [7, 11) is 1.29. The number of ether oxygens (including phenoxy) is 4. The van der Waals surface area contributed by atoms with Gasteiger partial charge in [-0.3, -0.25) is 0 Å². The van der Waals surface area contributed by atoms with Crippen LogP contribution in [0.4, 0.5) is 4.39 Å². The molecule has 0 aromatic heterocycles. The summed E-state index contributed by atoms with van der Waals surface area (Å²) in [5.41, 5.74) is -0.782. The van der Waals surface area contributed by atoms with Crippen molar-refractivity contribution in [1.82, 2.24) is 0 Å². The summed E-state index contributed by atoms with van der Waals surface area (Å²) in [4.78, 5) is 24.6. The molecule has 7 heteroatoms. The van der Waals surface area contributed by atoms with E-state index in [2.05, 4.69) is 0 Å². The van der Waals surface area contributed by atoms with Crippen molar-refractivity contribution in [2.24, 2.45) is 0 Å². The quantitative estimate of drug-likeness (QED) is 0.708. The molecule has 1 aliphatic rings. The number of hydrogen-bond donors (Lipinski definition) is 0. The normalized spacial score (nSPS) is 26.6.